The molecule has 134 valence electrons. The number of benzene rings is 2. The molecule has 2 heterocycles. The van der Waals surface area contributed by atoms with Crippen LogP contribution in [0, 0.1) is 5.92 Å². The zero-order valence-corrected chi connectivity index (χ0v) is 15.3. The molecule has 7 heteroatoms. The molecule has 0 aliphatic carbocycles. The topological polar surface area (TPSA) is 75.2 Å². The Kier molecular flexibility index (Phi) is 4.34. The molecule has 0 spiro atoms. The molecule has 3 aromatic rings. The average molecular weight is 368 g/mol. The van der Waals surface area contributed by atoms with E-state index in [4.69, 9.17) is 4.98 Å². The van der Waals surface area contributed by atoms with Gasteiger partial charge in [-0.15, -0.1) is 0 Å². The van der Waals surface area contributed by atoms with Gasteiger partial charge in [0.2, 0.25) is 16.0 Å². The molecule has 1 fully saturated rings. The number of aromatic nitrogens is 2. The van der Waals surface area contributed by atoms with Crippen LogP contribution in [0.1, 0.15) is 0 Å². The Bertz CT molecular complexity index is 1050. The zero-order chi connectivity index (χ0) is 18.1. The minimum atomic E-state index is -3.14. The van der Waals surface area contributed by atoms with Gasteiger partial charge >= 0.3 is 0 Å². The monoisotopic (exact) mass is 368 g/mol. The number of fused-ring (bicyclic) bond motifs is 1. The highest BCUT2D eigenvalue weighted by molar-refractivity contribution is 7.88. The number of anilines is 1. The van der Waals surface area contributed by atoms with Crippen molar-refractivity contribution in [2.24, 2.45) is 5.92 Å². The van der Waals surface area contributed by atoms with Crippen LogP contribution in [0.2, 0.25) is 0 Å². The molecule has 0 radical (unpaired) electrons. The van der Waals surface area contributed by atoms with Crippen LogP contribution in [0.15, 0.2) is 54.7 Å². The molecule has 26 heavy (non-hydrogen) atoms. The van der Waals surface area contributed by atoms with Gasteiger partial charge in [0, 0.05) is 37.3 Å². The van der Waals surface area contributed by atoms with E-state index < -0.39 is 10.0 Å². The Labute approximate surface area is 152 Å². The largest absolute Gasteiger partial charge is 0.340 e. The van der Waals surface area contributed by atoms with Crippen molar-refractivity contribution in [2.75, 3.05) is 30.8 Å². The molecule has 6 nitrogen and oxygen atoms in total. The minimum absolute atomic E-state index is 0.289. The van der Waals surface area contributed by atoms with Crippen LogP contribution in [0.3, 0.4) is 0 Å². The van der Waals surface area contributed by atoms with Gasteiger partial charge in [-0.25, -0.2) is 23.1 Å². The van der Waals surface area contributed by atoms with Crippen LogP contribution >= 0.6 is 0 Å². The fraction of sp³-hybridized carbons (Fsp3) is 0.263. The lowest BCUT2D eigenvalue weighted by atomic mass is 10.0. The molecule has 0 saturated carbocycles. The first-order chi connectivity index (χ1) is 12.5. The van der Waals surface area contributed by atoms with Gasteiger partial charge in [0.15, 0.2) is 0 Å². The van der Waals surface area contributed by atoms with E-state index in [-0.39, 0.29) is 5.92 Å². The Morgan fingerprint density at radius 2 is 1.88 bits per heavy atom. The molecule has 4 rings (SSSR count). The highest BCUT2D eigenvalue weighted by Crippen LogP contribution is 2.26. The van der Waals surface area contributed by atoms with Crippen LogP contribution in [0.4, 0.5) is 5.95 Å². The van der Waals surface area contributed by atoms with Gasteiger partial charge in [0.25, 0.3) is 0 Å². The Morgan fingerprint density at radius 3 is 2.65 bits per heavy atom. The third-order valence-electron chi connectivity index (χ3n) is 4.56. The van der Waals surface area contributed by atoms with Crippen molar-refractivity contribution >= 4 is 26.7 Å². The van der Waals surface area contributed by atoms with Crippen LogP contribution in [-0.2, 0) is 10.0 Å². The molecule has 1 aliphatic rings. The fourth-order valence-corrected chi connectivity index (χ4v) is 3.68. The summed E-state index contributed by atoms with van der Waals surface area (Å²) in [6.45, 7) is 1.97. The van der Waals surface area contributed by atoms with Crippen molar-refractivity contribution in [3.05, 3.63) is 54.7 Å². The zero-order valence-electron chi connectivity index (χ0n) is 14.5. The molecule has 1 saturated heterocycles. The van der Waals surface area contributed by atoms with Crippen molar-refractivity contribution in [1.29, 1.82) is 0 Å². The van der Waals surface area contributed by atoms with Gasteiger partial charge < -0.3 is 4.90 Å². The summed E-state index contributed by atoms with van der Waals surface area (Å²) < 4.78 is 24.9. The van der Waals surface area contributed by atoms with Gasteiger partial charge in [-0.05, 0) is 22.9 Å². The van der Waals surface area contributed by atoms with E-state index >= 15 is 0 Å². The van der Waals surface area contributed by atoms with Crippen LogP contribution in [0.25, 0.3) is 22.0 Å². The number of nitrogens with one attached hydrogen (secondary N) is 1. The number of nitrogens with zero attached hydrogens (tertiary/aromatic N) is 3. The maximum atomic E-state index is 11.2. The molecule has 1 aliphatic heterocycles. The Hall–Kier alpha value is -2.51. The summed E-state index contributed by atoms with van der Waals surface area (Å²) in [5.41, 5.74) is 1.95. The summed E-state index contributed by atoms with van der Waals surface area (Å²) in [5, 5.41) is 2.38. The first-order valence-electron chi connectivity index (χ1n) is 8.50. The fourth-order valence-electron chi connectivity index (χ4n) is 3.14. The lowest BCUT2D eigenvalue weighted by Crippen LogP contribution is -2.52. The lowest BCUT2D eigenvalue weighted by Gasteiger charge is -2.39. The smallest absolute Gasteiger partial charge is 0.225 e. The first kappa shape index (κ1) is 16.9. The second-order valence-electron chi connectivity index (χ2n) is 6.70. The van der Waals surface area contributed by atoms with E-state index in [0.29, 0.717) is 12.5 Å². The van der Waals surface area contributed by atoms with Crippen molar-refractivity contribution in [3.63, 3.8) is 0 Å². The van der Waals surface area contributed by atoms with Crippen molar-refractivity contribution in [2.45, 2.75) is 0 Å². The van der Waals surface area contributed by atoms with Gasteiger partial charge in [-0.3, -0.25) is 0 Å². The molecule has 1 N–H and O–H groups in total. The van der Waals surface area contributed by atoms with E-state index in [1.54, 1.807) is 6.20 Å². The van der Waals surface area contributed by atoms with Crippen molar-refractivity contribution in [3.8, 4) is 11.3 Å². The average Bonchev–Trinajstić information content (AvgIpc) is 2.59. The van der Waals surface area contributed by atoms with E-state index in [1.807, 2.05) is 18.2 Å². The van der Waals surface area contributed by atoms with Gasteiger partial charge in [-0.1, -0.05) is 36.4 Å². The standard InChI is InChI=1S/C19H20N4O2S/c1-26(24,25)21-11-14-12-23(13-14)19-20-9-8-18(22-19)17-7-6-15-4-2-3-5-16(15)10-17/h2-10,14,21H,11-13H2,1H3. The second kappa shape index (κ2) is 6.66. The number of rotatable bonds is 5. The molecular formula is C19H20N4O2S. The van der Waals surface area contributed by atoms with Crippen LogP contribution in [-0.4, -0.2) is 44.3 Å². The quantitative estimate of drug-likeness (QED) is 0.748. The van der Waals surface area contributed by atoms with E-state index in [9.17, 15) is 8.42 Å². The second-order valence-corrected chi connectivity index (χ2v) is 8.53. The maximum Gasteiger partial charge on any atom is 0.225 e. The van der Waals surface area contributed by atoms with Gasteiger partial charge in [0.05, 0.1) is 11.9 Å². The number of hydrogen-bond donors (Lipinski definition) is 1. The molecule has 0 atom stereocenters. The van der Waals surface area contributed by atoms with E-state index in [1.165, 1.54) is 17.0 Å². The molecular weight excluding hydrogens is 348 g/mol. The lowest BCUT2D eigenvalue weighted by molar-refractivity contribution is 0.400. The molecule has 1 aromatic heterocycles. The van der Waals surface area contributed by atoms with Gasteiger partial charge in [-0.2, -0.15) is 0 Å². The first-order valence-corrected chi connectivity index (χ1v) is 10.4. The minimum Gasteiger partial charge on any atom is -0.340 e. The molecule has 0 unspecified atom stereocenters. The highest BCUT2D eigenvalue weighted by atomic mass is 32.2. The summed E-state index contributed by atoms with van der Waals surface area (Å²) in [6, 6.07) is 16.5. The molecule has 0 bridgehead atoms. The summed E-state index contributed by atoms with van der Waals surface area (Å²) in [4.78, 5) is 11.1. The van der Waals surface area contributed by atoms with Crippen molar-refractivity contribution in [1.82, 2.24) is 14.7 Å². The molecule has 0 amide bonds. The van der Waals surface area contributed by atoms with Crippen molar-refractivity contribution < 1.29 is 8.42 Å². The number of hydrogen-bond acceptors (Lipinski definition) is 5. The Morgan fingerprint density at radius 1 is 1.12 bits per heavy atom. The predicted octanol–water partition coefficient (Wildman–Crippen LogP) is 2.28. The SMILES string of the molecule is CS(=O)(=O)NCC1CN(c2nccc(-c3ccc4ccccc4c3)n2)C1. The number of sulfonamides is 1. The van der Waals surface area contributed by atoms with E-state index in [2.05, 4.69) is 44.9 Å². The Balaban J connectivity index is 1.49. The molecule has 2 aromatic carbocycles. The predicted molar refractivity (Wildman–Crippen MR) is 104 cm³/mol. The summed E-state index contributed by atoms with van der Waals surface area (Å²) in [6.07, 6.45) is 2.95. The summed E-state index contributed by atoms with van der Waals surface area (Å²) in [5.74, 6) is 0.976. The maximum absolute atomic E-state index is 11.2. The normalized spacial score (nSPS) is 15.2. The summed E-state index contributed by atoms with van der Waals surface area (Å²) in [7, 11) is -3.14. The van der Waals surface area contributed by atoms with Crippen LogP contribution < -0.4 is 9.62 Å². The summed E-state index contributed by atoms with van der Waals surface area (Å²) >= 11 is 0. The van der Waals surface area contributed by atoms with Gasteiger partial charge in [0.1, 0.15) is 0 Å². The van der Waals surface area contributed by atoms with Crippen LogP contribution in [0.5, 0.6) is 0 Å². The third-order valence-corrected chi connectivity index (χ3v) is 5.25. The third kappa shape index (κ3) is 3.68. The van der Waals surface area contributed by atoms with E-state index in [0.717, 1.165) is 24.3 Å². The highest BCUT2D eigenvalue weighted by Gasteiger charge is 2.29.